The van der Waals surface area contributed by atoms with Crippen LogP contribution >= 0.6 is 15.9 Å². The summed E-state index contributed by atoms with van der Waals surface area (Å²) in [6.45, 7) is 2.02. The SMILES string of the molecule is CCCC1Oc2cc(F)c(Br)cc2C1O. The van der Waals surface area contributed by atoms with Crippen LogP contribution in [0, 0.1) is 5.82 Å². The minimum atomic E-state index is -0.642. The third-order valence-electron chi connectivity index (χ3n) is 2.58. The average Bonchev–Trinajstić information content (AvgIpc) is 2.47. The van der Waals surface area contributed by atoms with Crippen molar-refractivity contribution in [3.8, 4) is 5.75 Å². The minimum absolute atomic E-state index is 0.237. The smallest absolute Gasteiger partial charge is 0.141 e. The van der Waals surface area contributed by atoms with E-state index in [1.807, 2.05) is 6.92 Å². The normalized spacial score (nSPS) is 23.7. The molecule has 1 N–H and O–H groups in total. The van der Waals surface area contributed by atoms with Gasteiger partial charge in [0, 0.05) is 11.6 Å². The maximum Gasteiger partial charge on any atom is 0.141 e. The Bertz CT molecular complexity index is 381. The van der Waals surface area contributed by atoms with Gasteiger partial charge in [-0.1, -0.05) is 13.3 Å². The molecule has 0 fully saturated rings. The summed E-state index contributed by atoms with van der Waals surface area (Å²) in [5, 5.41) is 9.92. The Hall–Kier alpha value is -0.610. The van der Waals surface area contributed by atoms with E-state index in [9.17, 15) is 9.50 Å². The van der Waals surface area contributed by atoms with Crippen LogP contribution in [-0.2, 0) is 0 Å². The molecule has 0 saturated heterocycles. The number of rotatable bonds is 2. The van der Waals surface area contributed by atoms with Crippen LogP contribution in [0.1, 0.15) is 31.4 Å². The maximum absolute atomic E-state index is 13.2. The first kappa shape index (κ1) is 10.9. The van der Waals surface area contributed by atoms with Crippen molar-refractivity contribution < 1.29 is 14.2 Å². The molecule has 2 unspecified atom stereocenters. The Morgan fingerprint density at radius 2 is 2.27 bits per heavy atom. The summed E-state index contributed by atoms with van der Waals surface area (Å²) in [5.41, 5.74) is 0.668. The molecular weight excluding hydrogens is 263 g/mol. The van der Waals surface area contributed by atoms with Gasteiger partial charge in [-0.15, -0.1) is 0 Å². The first-order chi connectivity index (χ1) is 7.13. The Morgan fingerprint density at radius 3 is 2.93 bits per heavy atom. The van der Waals surface area contributed by atoms with Crippen LogP contribution in [0.4, 0.5) is 4.39 Å². The molecule has 2 rings (SSSR count). The van der Waals surface area contributed by atoms with Gasteiger partial charge in [-0.3, -0.25) is 0 Å². The monoisotopic (exact) mass is 274 g/mol. The van der Waals surface area contributed by atoms with Crippen molar-refractivity contribution in [1.82, 2.24) is 0 Å². The molecule has 1 aromatic carbocycles. The van der Waals surface area contributed by atoms with E-state index < -0.39 is 6.10 Å². The topological polar surface area (TPSA) is 29.5 Å². The zero-order valence-corrected chi connectivity index (χ0v) is 9.92. The Labute approximate surface area is 96.2 Å². The lowest BCUT2D eigenvalue weighted by Crippen LogP contribution is -2.17. The van der Waals surface area contributed by atoms with Gasteiger partial charge in [0.2, 0.25) is 0 Å². The molecule has 1 heterocycles. The molecule has 4 heteroatoms. The van der Waals surface area contributed by atoms with Crippen LogP contribution in [0.3, 0.4) is 0 Å². The summed E-state index contributed by atoms with van der Waals surface area (Å²) < 4.78 is 19.1. The van der Waals surface area contributed by atoms with E-state index in [1.165, 1.54) is 6.07 Å². The Kier molecular flexibility index (Phi) is 2.98. The maximum atomic E-state index is 13.2. The van der Waals surface area contributed by atoms with E-state index in [0.29, 0.717) is 15.8 Å². The molecular formula is C11H12BrFO2. The minimum Gasteiger partial charge on any atom is -0.487 e. The van der Waals surface area contributed by atoms with E-state index in [0.717, 1.165) is 12.8 Å². The van der Waals surface area contributed by atoms with Crippen LogP contribution in [0.25, 0.3) is 0 Å². The van der Waals surface area contributed by atoms with Crippen LogP contribution in [0.15, 0.2) is 16.6 Å². The number of benzene rings is 1. The Morgan fingerprint density at radius 1 is 1.53 bits per heavy atom. The molecule has 0 saturated carbocycles. The third-order valence-corrected chi connectivity index (χ3v) is 3.18. The molecule has 2 atom stereocenters. The van der Waals surface area contributed by atoms with E-state index in [4.69, 9.17) is 4.74 Å². The fourth-order valence-electron chi connectivity index (χ4n) is 1.81. The van der Waals surface area contributed by atoms with Crippen molar-refractivity contribution in [2.24, 2.45) is 0 Å². The number of hydrogen-bond donors (Lipinski definition) is 1. The molecule has 0 aliphatic carbocycles. The summed E-state index contributed by atoms with van der Waals surface area (Å²) in [4.78, 5) is 0. The largest absolute Gasteiger partial charge is 0.487 e. The second-order valence-corrected chi connectivity index (χ2v) is 4.55. The van der Waals surface area contributed by atoms with Gasteiger partial charge in [0.25, 0.3) is 0 Å². The number of ether oxygens (including phenoxy) is 1. The lowest BCUT2D eigenvalue weighted by atomic mass is 10.0. The second-order valence-electron chi connectivity index (χ2n) is 3.69. The summed E-state index contributed by atoms with van der Waals surface area (Å²) in [6.07, 6.45) is 0.824. The lowest BCUT2D eigenvalue weighted by molar-refractivity contribution is 0.0616. The van der Waals surface area contributed by atoms with Gasteiger partial charge in [0.15, 0.2) is 0 Å². The van der Waals surface area contributed by atoms with E-state index in [1.54, 1.807) is 6.07 Å². The van der Waals surface area contributed by atoms with Gasteiger partial charge < -0.3 is 9.84 Å². The number of fused-ring (bicyclic) bond motifs is 1. The average molecular weight is 275 g/mol. The number of hydrogen-bond acceptors (Lipinski definition) is 2. The van der Waals surface area contributed by atoms with Crippen molar-refractivity contribution >= 4 is 15.9 Å². The van der Waals surface area contributed by atoms with Crippen molar-refractivity contribution in [2.45, 2.75) is 32.0 Å². The van der Waals surface area contributed by atoms with Crippen molar-refractivity contribution in [1.29, 1.82) is 0 Å². The van der Waals surface area contributed by atoms with Gasteiger partial charge in [0.05, 0.1) is 4.47 Å². The zero-order chi connectivity index (χ0) is 11.0. The summed E-state index contributed by atoms with van der Waals surface area (Å²) in [5.74, 6) is 0.0970. The highest BCUT2D eigenvalue weighted by atomic mass is 79.9. The summed E-state index contributed by atoms with van der Waals surface area (Å²) in [7, 11) is 0. The first-order valence-electron chi connectivity index (χ1n) is 4.97. The van der Waals surface area contributed by atoms with Crippen LogP contribution in [0.2, 0.25) is 0 Å². The van der Waals surface area contributed by atoms with E-state index in [2.05, 4.69) is 15.9 Å². The molecule has 0 amide bonds. The molecule has 15 heavy (non-hydrogen) atoms. The molecule has 0 aromatic heterocycles. The molecule has 0 bridgehead atoms. The standard InChI is InChI=1S/C11H12BrFO2/c1-2-3-9-11(14)6-4-7(12)8(13)5-10(6)15-9/h4-5,9,11,14H,2-3H2,1H3. The quantitative estimate of drug-likeness (QED) is 0.898. The van der Waals surface area contributed by atoms with Gasteiger partial charge in [-0.05, 0) is 28.4 Å². The predicted molar refractivity (Wildman–Crippen MR) is 58.4 cm³/mol. The van der Waals surface area contributed by atoms with Crippen molar-refractivity contribution in [2.75, 3.05) is 0 Å². The van der Waals surface area contributed by atoms with Crippen LogP contribution < -0.4 is 4.74 Å². The highest BCUT2D eigenvalue weighted by molar-refractivity contribution is 9.10. The fraction of sp³-hybridized carbons (Fsp3) is 0.455. The number of halogens is 2. The van der Waals surface area contributed by atoms with E-state index >= 15 is 0 Å². The third kappa shape index (κ3) is 1.88. The highest BCUT2D eigenvalue weighted by Gasteiger charge is 2.32. The zero-order valence-electron chi connectivity index (χ0n) is 8.34. The van der Waals surface area contributed by atoms with Crippen LogP contribution in [0.5, 0.6) is 5.75 Å². The molecule has 2 nitrogen and oxygen atoms in total. The molecule has 0 radical (unpaired) electrons. The fourth-order valence-corrected chi connectivity index (χ4v) is 2.17. The molecule has 1 aromatic rings. The van der Waals surface area contributed by atoms with Crippen molar-refractivity contribution in [3.63, 3.8) is 0 Å². The lowest BCUT2D eigenvalue weighted by Gasteiger charge is -2.12. The van der Waals surface area contributed by atoms with Crippen molar-refractivity contribution in [3.05, 3.63) is 28.0 Å². The highest BCUT2D eigenvalue weighted by Crippen LogP contribution is 2.40. The van der Waals surface area contributed by atoms with Gasteiger partial charge >= 0.3 is 0 Å². The van der Waals surface area contributed by atoms with Crippen LogP contribution in [-0.4, -0.2) is 11.2 Å². The van der Waals surface area contributed by atoms with Gasteiger partial charge in [0.1, 0.15) is 23.8 Å². The number of aliphatic hydroxyl groups is 1. The molecule has 1 aliphatic rings. The first-order valence-corrected chi connectivity index (χ1v) is 5.76. The van der Waals surface area contributed by atoms with Gasteiger partial charge in [-0.2, -0.15) is 0 Å². The Balaban J connectivity index is 2.33. The predicted octanol–water partition coefficient (Wildman–Crippen LogP) is 3.18. The van der Waals surface area contributed by atoms with E-state index in [-0.39, 0.29) is 11.9 Å². The van der Waals surface area contributed by atoms with Gasteiger partial charge in [-0.25, -0.2) is 4.39 Å². The second kappa shape index (κ2) is 4.10. The molecule has 1 aliphatic heterocycles. The number of aliphatic hydroxyl groups excluding tert-OH is 1. The summed E-state index contributed by atoms with van der Waals surface area (Å²) >= 11 is 3.09. The molecule has 82 valence electrons. The summed E-state index contributed by atoms with van der Waals surface area (Å²) in [6, 6.07) is 2.91. The molecule has 0 spiro atoms.